The lowest BCUT2D eigenvalue weighted by Crippen LogP contribution is -2.32. The first-order valence-corrected chi connectivity index (χ1v) is 7.67. The van der Waals surface area contributed by atoms with Gasteiger partial charge in [-0.15, -0.1) is 0 Å². The average Bonchev–Trinajstić information content (AvgIpc) is 2.83. The number of hydrogen-bond acceptors (Lipinski definition) is 1. The lowest BCUT2D eigenvalue weighted by molar-refractivity contribution is 0.397. The lowest BCUT2D eigenvalue weighted by atomic mass is 9.87. The third-order valence-electron chi connectivity index (χ3n) is 4.24. The zero-order valence-corrected chi connectivity index (χ0v) is 11.8. The predicted molar refractivity (Wildman–Crippen MR) is 75.2 cm³/mol. The summed E-state index contributed by atoms with van der Waals surface area (Å²) in [6.45, 7) is 0. The molecule has 2 heteroatoms. The van der Waals surface area contributed by atoms with Gasteiger partial charge in [-0.3, -0.25) is 0 Å². The molecule has 0 bridgehead atoms. The van der Waals surface area contributed by atoms with E-state index in [9.17, 15) is 0 Å². The van der Waals surface area contributed by atoms with Gasteiger partial charge < -0.3 is 5.32 Å². The maximum Gasteiger partial charge on any atom is 0.0325 e. The minimum absolute atomic E-state index is 0.597. The molecule has 1 saturated carbocycles. The van der Waals surface area contributed by atoms with Crippen LogP contribution < -0.4 is 5.32 Å². The standard InChI is InChI=1S/C15H20BrN/c16-14-9-3-8-13-12(14)7-4-10-15(13)17-11-5-1-2-6-11/h3,8-9,11,15,17H,1-2,4-7,10H2. The maximum absolute atomic E-state index is 3.88. The Morgan fingerprint density at radius 3 is 2.71 bits per heavy atom. The zero-order valence-electron chi connectivity index (χ0n) is 10.2. The van der Waals surface area contributed by atoms with Crippen LogP contribution in [0, 0.1) is 0 Å². The molecule has 92 valence electrons. The first-order valence-electron chi connectivity index (χ1n) is 6.88. The van der Waals surface area contributed by atoms with Gasteiger partial charge in [-0.25, -0.2) is 0 Å². The molecule has 1 aromatic rings. The minimum Gasteiger partial charge on any atom is -0.307 e. The van der Waals surface area contributed by atoms with Gasteiger partial charge >= 0.3 is 0 Å². The van der Waals surface area contributed by atoms with Crippen molar-refractivity contribution >= 4 is 15.9 Å². The van der Waals surface area contributed by atoms with Crippen LogP contribution in [0.4, 0.5) is 0 Å². The summed E-state index contributed by atoms with van der Waals surface area (Å²) in [5.74, 6) is 0. The zero-order chi connectivity index (χ0) is 11.7. The first kappa shape index (κ1) is 11.7. The average molecular weight is 294 g/mol. The Morgan fingerprint density at radius 1 is 1.06 bits per heavy atom. The van der Waals surface area contributed by atoms with Crippen LogP contribution in [0.25, 0.3) is 0 Å². The van der Waals surface area contributed by atoms with Crippen molar-refractivity contribution in [2.75, 3.05) is 0 Å². The lowest BCUT2D eigenvalue weighted by Gasteiger charge is -2.29. The van der Waals surface area contributed by atoms with E-state index in [1.165, 1.54) is 60.5 Å². The molecule has 1 aromatic carbocycles. The molecule has 1 nitrogen and oxygen atoms in total. The number of fused-ring (bicyclic) bond motifs is 1. The number of hydrogen-bond donors (Lipinski definition) is 1. The molecule has 3 rings (SSSR count). The van der Waals surface area contributed by atoms with E-state index in [0.717, 1.165) is 6.04 Å². The number of halogens is 1. The third kappa shape index (κ3) is 2.43. The van der Waals surface area contributed by atoms with Gasteiger partial charge in [0.05, 0.1) is 0 Å². The van der Waals surface area contributed by atoms with Crippen molar-refractivity contribution in [2.24, 2.45) is 0 Å². The molecule has 0 spiro atoms. The van der Waals surface area contributed by atoms with Gasteiger partial charge in [0.25, 0.3) is 0 Å². The van der Waals surface area contributed by atoms with Crippen molar-refractivity contribution in [2.45, 2.75) is 57.0 Å². The Labute approximate surface area is 112 Å². The van der Waals surface area contributed by atoms with E-state index in [1.807, 2.05) is 0 Å². The van der Waals surface area contributed by atoms with Crippen molar-refractivity contribution in [1.82, 2.24) is 5.32 Å². The van der Waals surface area contributed by atoms with E-state index in [4.69, 9.17) is 0 Å². The summed E-state index contributed by atoms with van der Waals surface area (Å²) in [5.41, 5.74) is 3.08. The number of rotatable bonds is 2. The Bertz CT molecular complexity index is 396. The molecule has 0 saturated heterocycles. The van der Waals surface area contributed by atoms with Crippen molar-refractivity contribution in [3.05, 3.63) is 33.8 Å². The highest BCUT2D eigenvalue weighted by molar-refractivity contribution is 9.10. The fourth-order valence-corrected chi connectivity index (χ4v) is 3.93. The summed E-state index contributed by atoms with van der Waals surface area (Å²) >= 11 is 3.69. The Morgan fingerprint density at radius 2 is 1.88 bits per heavy atom. The van der Waals surface area contributed by atoms with Gasteiger partial charge in [0.1, 0.15) is 0 Å². The molecule has 0 aromatic heterocycles. The summed E-state index contributed by atoms with van der Waals surface area (Å²) in [5, 5.41) is 3.88. The Kier molecular flexibility index (Phi) is 3.53. The van der Waals surface area contributed by atoms with Crippen molar-refractivity contribution in [3.63, 3.8) is 0 Å². The van der Waals surface area contributed by atoms with E-state index < -0.39 is 0 Å². The fraction of sp³-hybridized carbons (Fsp3) is 0.600. The summed E-state index contributed by atoms with van der Waals surface area (Å²) < 4.78 is 1.30. The van der Waals surface area contributed by atoms with E-state index in [2.05, 4.69) is 39.4 Å². The largest absolute Gasteiger partial charge is 0.307 e. The Balaban J connectivity index is 1.81. The third-order valence-corrected chi connectivity index (χ3v) is 4.99. The van der Waals surface area contributed by atoms with E-state index in [0.29, 0.717) is 6.04 Å². The van der Waals surface area contributed by atoms with Crippen LogP contribution in [0.15, 0.2) is 22.7 Å². The maximum atomic E-state index is 3.88. The molecule has 2 aliphatic carbocycles. The van der Waals surface area contributed by atoms with E-state index in [-0.39, 0.29) is 0 Å². The van der Waals surface area contributed by atoms with Crippen LogP contribution >= 0.6 is 15.9 Å². The second-order valence-corrected chi connectivity index (χ2v) is 6.25. The molecule has 1 atom stereocenters. The monoisotopic (exact) mass is 293 g/mol. The van der Waals surface area contributed by atoms with Crippen LogP contribution in [0.1, 0.15) is 55.7 Å². The highest BCUT2D eigenvalue weighted by Crippen LogP contribution is 2.35. The molecule has 0 radical (unpaired) electrons. The van der Waals surface area contributed by atoms with E-state index >= 15 is 0 Å². The molecule has 1 fully saturated rings. The van der Waals surface area contributed by atoms with Gasteiger partial charge in [-0.2, -0.15) is 0 Å². The molecular weight excluding hydrogens is 274 g/mol. The predicted octanol–water partition coefficient (Wildman–Crippen LogP) is 4.36. The normalized spacial score (nSPS) is 24.9. The number of nitrogens with one attached hydrogen (secondary N) is 1. The quantitative estimate of drug-likeness (QED) is 0.854. The summed E-state index contributed by atoms with van der Waals surface area (Å²) in [7, 11) is 0. The summed E-state index contributed by atoms with van der Waals surface area (Å²) in [6.07, 6.45) is 9.44. The minimum atomic E-state index is 0.597. The highest BCUT2D eigenvalue weighted by atomic mass is 79.9. The number of benzene rings is 1. The molecule has 17 heavy (non-hydrogen) atoms. The van der Waals surface area contributed by atoms with Crippen LogP contribution in [-0.2, 0) is 6.42 Å². The van der Waals surface area contributed by atoms with Crippen molar-refractivity contribution in [3.8, 4) is 0 Å². The molecule has 0 heterocycles. The van der Waals surface area contributed by atoms with Crippen LogP contribution in [-0.4, -0.2) is 6.04 Å². The molecule has 1 N–H and O–H groups in total. The Hall–Kier alpha value is -0.340. The molecule has 1 unspecified atom stereocenters. The van der Waals surface area contributed by atoms with Gasteiger partial charge in [-0.1, -0.05) is 40.9 Å². The molecule has 0 amide bonds. The van der Waals surface area contributed by atoms with Gasteiger partial charge in [-0.05, 0) is 49.3 Å². The van der Waals surface area contributed by atoms with Crippen LogP contribution in [0.3, 0.4) is 0 Å². The van der Waals surface area contributed by atoms with Crippen molar-refractivity contribution in [1.29, 1.82) is 0 Å². The van der Waals surface area contributed by atoms with E-state index in [1.54, 1.807) is 0 Å². The summed E-state index contributed by atoms with van der Waals surface area (Å²) in [4.78, 5) is 0. The second-order valence-electron chi connectivity index (χ2n) is 5.40. The van der Waals surface area contributed by atoms with Crippen molar-refractivity contribution < 1.29 is 0 Å². The van der Waals surface area contributed by atoms with Gasteiger partial charge in [0.15, 0.2) is 0 Å². The van der Waals surface area contributed by atoms with Crippen LogP contribution in [0.5, 0.6) is 0 Å². The second kappa shape index (κ2) is 5.11. The first-order chi connectivity index (χ1) is 8.34. The fourth-order valence-electron chi connectivity index (χ4n) is 3.35. The van der Waals surface area contributed by atoms with Crippen LogP contribution in [0.2, 0.25) is 0 Å². The van der Waals surface area contributed by atoms with Gasteiger partial charge in [0.2, 0.25) is 0 Å². The smallest absolute Gasteiger partial charge is 0.0325 e. The topological polar surface area (TPSA) is 12.0 Å². The SMILES string of the molecule is Brc1cccc2c1CCCC2NC1CCCC1. The van der Waals surface area contributed by atoms with Gasteiger partial charge in [0, 0.05) is 16.6 Å². The molecular formula is C15H20BrN. The molecule has 0 aliphatic heterocycles. The molecule has 2 aliphatic rings. The highest BCUT2D eigenvalue weighted by Gasteiger charge is 2.25. The summed E-state index contributed by atoms with van der Waals surface area (Å²) in [6, 6.07) is 8.03.